The molecular weight excluding hydrogens is 576 g/mol. The van der Waals surface area contributed by atoms with E-state index in [-0.39, 0.29) is 30.6 Å². The van der Waals surface area contributed by atoms with Crippen LogP contribution in [0.1, 0.15) is 12.8 Å². The maximum absolute atomic E-state index is 15.1. The van der Waals surface area contributed by atoms with Crippen LogP contribution in [0.4, 0.5) is 20.2 Å². The summed E-state index contributed by atoms with van der Waals surface area (Å²) in [6.07, 6.45) is 3.68. The first-order chi connectivity index (χ1) is 21.3. The van der Waals surface area contributed by atoms with Crippen LogP contribution < -0.4 is 20.1 Å². The number of anilines is 2. The van der Waals surface area contributed by atoms with Gasteiger partial charge in [-0.1, -0.05) is 0 Å². The number of morpholine rings is 1. The molecule has 1 aliphatic heterocycles. The summed E-state index contributed by atoms with van der Waals surface area (Å²) in [5.41, 5.74) is -0.256. The highest BCUT2D eigenvalue weighted by Crippen LogP contribution is 2.47. The first kappa shape index (κ1) is 28.9. The molecule has 2 aromatic heterocycles. The number of rotatable bonds is 10. The Labute approximate surface area is 250 Å². The number of pyridine rings is 2. The van der Waals surface area contributed by atoms with Crippen molar-refractivity contribution in [2.75, 3.05) is 43.5 Å². The maximum Gasteiger partial charge on any atom is 0.248 e. The first-order valence-electron chi connectivity index (χ1n) is 13.9. The van der Waals surface area contributed by atoms with E-state index in [1.54, 1.807) is 17.0 Å². The predicted octanol–water partition coefficient (Wildman–Crippen LogP) is 4.30. The molecule has 2 aliphatic rings. The zero-order valence-electron chi connectivity index (χ0n) is 23.3. The fourth-order valence-corrected chi connectivity index (χ4v) is 4.71. The Bertz CT molecular complexity index is 1730. The predicted molar refractivity (Wildman–Crippen MR) is 154 cm³/mol. The second kappa shape index (κ2) is 12.2. The number of halogens is 2. The summed E-state index contributed by atoms with van der Waals surface area (Å²) in [4.78, 5) is 47.9. The molecule has 2 aromatic carbocycles. The quantitative estimate of drug-likeness (QED) is 0.257. The molecule has 0 atom stereocenters. The van der Waals surface area contributed by atoms with Gasteiger partial charge in [0.15, 0.2) is 11.6 Å². The third-order valence-corrected chi connectivity index (χ3v) is 7.39. The van der Waals surface area contributed by atoms with Gasteiger partial charge in [0, 0.05) is 42.4 Å². The monoisotopic (exact) mass is 603 g/mol. The molecule has 2 fully saturated rings. The maximum atomic E-state index is 15.1. The van der Waals surface area contributed by atoms with Crippen LogP contribution in [0.5, 0.6) is 17.4 Å². The molecule has 6 rings (SSSR count). The van der Waals surface area contributed by atoms with Crippen LogP contribution in [0, 0.1) is 17.0 Å². The molecule has 226 valence electrons. The van der Waals surface area contributed by atoms with Crippen molar-refractivity contribution in [3.63, 3.8) is 0 Å². The molecule has 3 heterocycles. The number of fused-ring (bicyclic) bond motifs is 1. The van der Waals surface area contributed by atoms with Crippen LogP contribution >= 0.6 is 0 Å². The highest BCUT2D eigenvalue weighted by atomic mass is 19.1. The molecule has 11 nitrogen and oxygen atoms in total. The van der Waals surface area contributed by atoms with E-state index in [0.29, 0.717) is 60.8 Å². The Morgan fingerprint density at radius 1 is 0.955 bits per heavy atom. The van der Waals surface area contributed by atoms with Crippen molar-refractivity contribution in [3.05, 3.63) is 78.6 Å². The van der Waals surface area contributed by atoms with Gasteiger partial charge in [-0.3, -0.25) is 19.4 Å². The van der Waals surface area contributed by atoms with Crippen LogP contribution in [-0.4, -0.2) is 65.5 Å². The van der Waals surface area contributed by atoms with E-state index in [2.05, 4.69) is 20.6 Å². The minimum absolute atomic E-state index is 0.0678. The number of nitrogens with one attached hydrogen (secondary N) is 2. The standard InChI is InChI=1S/C31H27F2N5O6/c32-19-1-3-20(4-2-19)36-29(40)31(8-9-31)30(41)37-21-5-6-26(23(33)15-21)44-25-7-10-34-24-16-27(35-17-22(24)25)43-14-12-38-11-13-42-18-28(38)39/h1-7,10,15-17H,8-9,11-14,18H2,(H,36,40)(H,37,41). The Morgan fingerprint density at radius 3 is 2.43 bits per heavy atom. The number of nitrogens with zero attached hydrogens (tertiary/aromatic N) is 3. The van der Waals surface area contributed by atoms with E-state index < -0.39 is 28.9 Å². The molecule has 1 saturated carbocycles. The van der Waals surface area contributed by atoms with Gasteiger partial charge in [0.25, 0.3) is 0 Å². The number of amides is 3. The van der Waals surface area contributed by atoms with E-state index in [0.717, 1.165) is 6.07 Å². The Hall–Kier alpha value is -5.17. The van der Waals surface area contributed by atoms with Crippen LogP contribution in [-0.2, 0) is 19.1 Å². The van der Waals surface area contributed by atoms with E-state index in [9.17, 15) is 18.8 Å². The zero-order chi connectivity index (χ0) is 30.7. The number of hydrogen-bond acceptors (Lipinski definition) is 8. The Morgan fingerprint density at radius 2 is 1.70 bits per heavy atom. The van der Waals surface area contributed by atoms with Crippen molar-refractivity contribution in [1.82, 2.24) is 14.9 Å². The van der Waals surface area contributed by atoms with Gasteiger partial charge in [0.1, 0.15) is 30.2 Å². The SMILES string of the molecule is O=C1COCCN1CCOc1cc2nccc(Oc3ccc(NC(=O)C4(C(=O)Nc5ccc(F)cc5)CC4)cc3F)c2cn1. The van der Waals surface area contributed by atoms with Crippen molar-refractivity contribution in [1.29, 1.82) is 0 Å². The number of ether oxygens (including phenoxy) is 3. The molecule has 13 heteroatoms. The summed E-state index contributed by atoms with van der Waals surface area (Å²) >= 11 is 0. The fraction of sp³-hybridized carbons (Fsp3) is 0.258. The summed E-state index contributed by atoms with van der Waals surface area (Å²) in [7, 11) is 0. The summed E-state index contributed by atoms with van der Waals surface area (Å²) < 4.78 is 44.9. The van der Waals surface area contributed by atoms with Gasteiger partial charge in [0.2, 0.25) is 23.6 Å². The molecule has 1 saturated heterocycles. The smallest absolute Gasteiger partial charge is 0.248 e. The lowest BCUT2D eigenvalue weighted by molar-refractivity contribution is -0.143. The van der Waals surface area contributed by atoms with Crippen LogP contribution in [0.25, 0.3) is 10.9 Å². The lowest BCUT2D eigenvalue weighted by Gasteiger charge is -2.26. The molecule has 44 heavy (non-hydrogen) atoms. The van der Waals surface area contributed by atoms with Gasteiger partial charge < -0.3 is 29.7 Å². The van der Waals surface area contributed by atoms with Gasteiger partial charge in [-0.05, 0) is 55.3 Å². The highest BCUT2D eigenvalue weighted by Gasteiger charge is 2.56. The van der Waals surface area contributed by atoms with Gasteiger partial charge in [-0.25, -0.2) is 13.8 Å². The third kappa shape index (κ3) is 6.27. The van der Waals surface area contributed by atoms with E-state index in [4.69, 9.17) is 14.2 Å². The summed E-state index contributed by atoms with van der Waals surface area (Å²) in [6, 6.07) is 12.4. The highest BCUT2D eigenvalue weighted by molar-refractivity contribution is 6.16. The molecule has 0 radical (unpaired) electrons. The van der Waals surface area contributed by atoms with Gasteiger partial charge in [0.05, 0.1) is 24.1 Å². The fourth-order valence-electron chi connectivity index (χ4n) is 4.71. The molecule has 4 aromatic rings. The number of carbonyl (C=O) groups excluding carboxylic acids is 3. The van der Waals surface area contributed by atoms with Crippen molar-refractivity contribution >= 4 is 40.0 Å². The molecule has 0 spiro atoms. The van der Waals surface area contributed by atoms with Crippen LogP contribution in [0.2, 0.25) is 0 Å². The Kier molecular flexibility index (Phi) is 8.03. The van der Waals surface area contributed by atoms with Gasteiger partial charge in [-0.15, -0.1) is 0 Å². The lowest BCUT2D eigenvalue weighted by atomic mass is 10.0. The van der Waals surface area contributed by atoms with Crippen LogP contribution in [0.3, 0.4) is 0 Å². The van der Waals surface area contributed by atoms with Crippen molar-refractivity contribution in [3.8, 4) is 17.4 Å². The second-order valence-electron chi connectivity index (χ2n) is 10.4. The minimum atomic E-state index is -1.29. The summed E-state index contributed by atoms with van der Waals surface area (Å²) in [6.45, 7) is 1.71. The number of carbonyl (C=O) groups is 3. The molecule has 0 bridgehead atoms. The molecule has 2 N–H and O–H groups in total. The van der Waals surface area contributed by atoms with E-state index in [1.807, 2.05) is 0 Å². The minimum Gasteiger partial charge on any atom is -0.476 e. The van der Waals surface area contributed by atoms with Crippen molar-refractivity contribution < 1.29 is 37.4 Å². The average Bonchev–Trinajstić information content (AvgIpc) is 3.83. The first-order valence-corrected chi connectivity index (χ1v) is 13.9. The zero-order valence-corrected chi connectivity index (χ0v) is 23.3. The van der Waals surface area contributed by atoms with Crippen molar-refractivity contribution in [2.45, 2.75) is 12.8 Å². The summed E-state index contributed by atoms with van der Waals surface area (Å²) in [5.74, 6) is -1.82. The average molecular weight is 604 g/mol. The second-order valence-corrected chi connectivity index (χ2v) is 10.4. The van der Waals surface area contributed by atoms with Gasteiger partial charge >= 0.3 is 0 Å². The number of aromatic nitrogens is 2. The lowest BCUT2D eigenvalue weighted by Crippen LogP contribution is -2.43. The third-order valence-electron chi connectivity index (χ3n) is 7.39. The molecule has 1 aliphatic carbocycles. The van der Waals surface area contributed by atoms with E-state index >= 15 is 4.39 Å². The van der Waals surface area contributed by atoms with Gasteiger partial charge in [-0.2, -0.15) is 0 Å². The normalized spacial score (nSPS) is 15.5. The Balaban J connectivity index is 1.08. The van der Waals surface area contributed by atoms with Crippen molar-refractivity contribution in [2.24, 2.45) is 5.41 Å². The number of benzene rings is 2. The van der Waals surface area contributed by atoms with E-state index in [1.165, 1.54) is 48.8 Å². The largest absolute Gasteiger partial charge is 0.476 e. The van der Waals surface area contributed by atoms with Crippen LogP contribution in [0.15, 0.2) is 67.0 Å². The summed E-state index contributed by atoms with van der Waals surface area (Å²) in [5, 5.41) is 5.76. The number of hydrogen-bond donors (Lipinski definition) is 2. The topological polar surface area (TPSA) is 132 Å². The molecule has 0 unspecified atom stereocenters. The molecular formula is C31H27F2N5O6. The molecule has 3 amide bonds.